The van der Waals surface area contributed by atoms with Gasteiger partial charge in [-0.05, 0) is 70.8 Å². The van der Waals surface area contributed by atoms with E-state index in [2.05, 4.69) is 43.1 Å². The molecule has 2 aliphatic heterocycles. The van der Waals surface area contributed by atoms with Gasteiger partial charge in [0.05, 0.1) is 0 Å². The number of carbonyl (C=O) groups is 2. The van der Waals surface area contributed by atoms with Gasteiger partial charge in [0.2, 0.25) is 0 Å². The quantitative estimate of drug-likeness (QED) is 0.178. The van der Waals surface area contributed by atoms with E-state index < -0.39 is 36.9 Å². The molecule has 11 nitrogen and oxygen atoms in total. The Morgan fingerprint density at radius 3 is 1.38 bits per heavy atom. The van der Waals surface area contributed by atoms with Crippen molar-refractivity contribution in [2.75, 3.05) is 27.4 Å². The Bertz CT molecular complexity index is 2120. The molecule has 4 aromatic rings. The highest BCUT2D eigenvalue weighted by Gasteiger charge is 2.50. The molecule has 0 fully saturated rings. The number of hydrogen-bond donors (Lipinski definition) is 3. The van der Waals surface area contributed by atoms with Gasteiger partial charge in [0.1, 0.15) is 18.1 Å². The molecular weight excluding hydrogens is 739 g/mol. The average molecular weight is 773 g/mol. The second-order valence-corrected chi connectivity index (χ2v) is 12.0. The number of aliphatic hydroxyl groups is 1. The Balaban J connectivity index is 0.000000214. The molecule has 2 heterocycles. The van der Waals surface area contributed by atoms with Crippen molar-refractivity contribution in [3.8, 4) is 35.2 Å². The van der Waals surface area contributed by atoms with E-state index in [1.165, 1.54) is 72.4 Å². The number of aliphatic imine (C=N–C) groups is 2. The summed E-state index contributed by atoms with van der Waals surface area (Å²) in [7, 11) is 3.00. The van der Waals surface area contributed by atoms with Crippen molar-refractivity contribution in [3.05, 3.63) is 130 Å². The van der Waals surface area contributed by atoms with E-state index in [1.54, 1.807) is 48.5 Å². The predicted octanol–water partition coefficient (Wildman–Crippen LogP) is 4.30. The van der Waals surface area contributed by atoms with Crippen molar-refractivity contribution >= 4 is 23.7 Å². The van der Waals surface area contributed by atoms with Gasteiger partial charge in [-0.3, -0.25) is 19.4 Å². The van der Waals surface area contributed by atoms with E-state index in [0.29, 0.717) is 33.4 Å². The standard InChI is InChI=1S/C20H16F3N3O2.C20H17F2N3O3/c1-26-17(27)20(25-19(26)24,14-7-9-16(10-8-14)28-18(22)23)15-6-2-4-13(12-15)5-3-11-21;1-25-17(27)20(24-19(25)23,14-7-9-16(10-8-14)28-18(21)22)15-6-2-4-13(12-15)5-3-11-26/h2,4,6-10,12,18H,11H2,1H3,(H2,24,25);2,4,6-10,12,18,26H,11H2,1H3,(H2,23,24). The van der Waals surface area contributed by atoms with Crippen molar-refractivity contribution in [1.82, 2.24) is 9.80 Å². The molecule has 2 unspecified atom stereocenters. The summed E-state index contributed by atoms with van der Waals surface area (Å²) in [5.41, 5.74) is 11.7. The molecule has 288 valence electrons. The van der Waals surface area contributed by atoms with Crippen LogP contribution in [0.15, 0.2) is 107 Å². The molecule has 2 amide bonds. The van der Waals surface area contributed by atoms with Crippen LogP contribution in [0, 0.1) is 23.7 Å². The minimum atomic E-state index is -2.96. The third kappa shape index (κ3) is 8.11. The first-order valence-corrected chi connectivity index (χ1v) is 16.5. The van der Waals surface area contributed by atoms with Gasteiger partial charge in [-0.25, -0.2) is 14.4 Å². The predicted molar refractivity (Wildman–Crippen MR) is 196 cm³/mol. The molecule has 16 heteroatoms. The largest absolute Gasteiger partial charge is 0.435 e. The van der Waals surface area contributed by atoms with Crippen LogP contribution in [0.4, 0.5) is 22.0 Å². The van der Waals surface area contributed by atoms with Gasteiger partial charge in [-0.15, -0.1) is 0 Å². The zero-order chi connectivity index (χ0) is 40.6. The summed E-state index contributed by atoms with van der Waals surface area (Å²) >= 11 is 0. The van der Waals surface area contributed by atoms with Crippen LogP contribution in [-0.2, 0) is 20.7 Å². The Hall–Kier alpha value is -6.91. The second kappa shape index (κ2) is 17.0. The number of ether oxygens (including phenoxy) is 2. The lowest BCUT2D eigenvalue weighted by atomic mass is 9.82. The number of hydrogen-bond acceptors (Lipinski definition) is 9. The second-order valence-electron chi connectivity index (χ2n) is 12.0. The fourth-order valence-corrected chi connectivity index (χ4v) is 6.04. The molecule has 0 saturated carbocycles. The topological polar surface area (TPSA) is 156 Å². The van der Waals surface area contributed by atoms with Gasteiger partial charge < -0.3 is 26.0 Å². The third-order valence-electron chi connectivity index (χ3n) is 8.65. The zero-order valence-corrected chi connectivity index (χ0v) is 29.7. The highest BCUT2D eigenvalue weighted by atomic mass is 19.3. The van der Waals surface area contributed by atoms with Crippen molar-refractivity contribution in [1.29, 1.82) is 0 Å². The van der Waals surface area contributed by atoms with E-state index in [0.717, 1.165) is 0 Å². The molecule has 2 aliphatic rings. The van der Waals surface area contributed by atoms with Crippen molar-refractivity contribution in [2.45, 2.75) is 24.3 Å². The van der Waals surface area contributed by atoms with Crippen molar-refractivity contribution < 1.29 is 46.1 Å². The molecule has 0 saturated heterocycles. The molecule has 0 radical (unpaired) electrons. The molecule has 5 N–H and O–H groups in total. The fraction of sp³-hybridized carbons (Fsp3) is 0.200. The summed E-state index contributed by atoms with van der Waals surface area (Å²) in [6.45, 7) is -7.01. The summed E-state index contributed by atoms with van der Waals surface area (Å²) < 4.78 is 70.8. The van der Waals surface area contributed by atoms with E-state index >= 15 is 0 Å². The first-order valence-electron chi connectivity index (χ1n) is 16.5. The average Bonchev–Trinajstić information content (AvgIpc) is 3.56. The first kappa shape index (κ1) is 40.3. The van der Waals surface area contributed by atoms with Crippen LogP contribution < -0.4 is 20.9 Å². The van der Waals surface area contributed by atoms with Crippen LogP contribution in [0.5, 0.6) is 11.5 Å². The van der Waals surface area contributed by atoms with E-state index in [4.69, 9.17) is 16.6 Å². The van der Waals surface area contributed by atoms with Gasteiger partial charge in [-0.1, -0.05) is 72.2 Å². The van der Waals surface area contributed by atoms with Crippen LogP contribution in [0.3, 0.4) is 0 Å². The Morgan fingerprint density at radius 1 is 0.661 bits per heavy atom. The maximum atomic E-state index is 13.1. The summed E-state index contributed by atoms with van der Waals surface area (Å²) in [5.74, 6) is 9.49. The monoisotopic (exact) mass is 772 g/mol. The third-order valence-corrected chi connectivity index (χ3v) is 8.65. The number of nitrogens with two attached hydrogens (primary N) is 2. The number of carbonyl (C=O) groups excluding carboxylic acids is 2. The lowest BCUT2D eigenvalue weighted by Crippen LogP contribution is -2.41. The molecule has 0 aliphatic carbocycles. The normalized spacial score (nSPS) is 18.7. The number of alkyl halides is 5. The van der Waals surface area contributed by atoms with E-state index in [9.17, 15) is 31.5 Å². The maximum Gasteiger partial charge on any atom is 0.387 e. The number of amides is 2. The zero-order valence-electron chi connectivity index (χ0n) is 29.7. The summed E-state index contributed by atoms with van der Waals surface area (Å²) in [6.07, 6.45) is 0. The molecule has 2 atom stereocenters. The van der Waals surface area contributed by atoms with Crippen LogP contribution in [0.2, 0.25) is 0 Å². The van der Waals surface area contributed by atoms with Crippen LogP contribution >= 0.6 is 0 Å². The van der Waals surface area contributed by atoms with Gasteiger partial charge in [0.15, 0.2) is 29.7 Å². The smallest absolute Gasteiger partial charge is 0.387 e. The molecule has 0 bridgehead atoms. The highest BCUT2D eigenvalue weighted by Crippen LogP contribution is 2.41. The number of likely N-dealkylation sites (N-methyl/N-ethyl adjacent to an activating group) is 2. The van der Waals surface area contributed by atoms with Crippen LogP contribution in [0.1, 0.15) is 33.4 Å². The van der Waals surface area contributed by atoms with Gasteiger partial charge in [0, 0.05) is 25.2 Å². The number of rotatable bonds is 8. The number of benzene rings is 4. The Morgan fingerprint density at radius 2 is 1.05 bits per heavy atom. The molecule has 0 spiro atoms. The molecule has 56 heavy (non-hydrogen) atoms. The molecule has 4 aromatic carbocycles. The summed E-state index contributed by atoms with van der Waals surface area (Å²) in [4.78, 5) is 37.5. The van der Waals surface area contributed by atoms with Crippen LogP contribution in [-0.4, -0.2) is 79.2 Å². The Labute approximate surface area is 318 Å². The number of aliphatic hydroxyl groups excluding tert-OH is 1. The fourth-order valence-electron chi connectivity index (χ4n) is 6.04. The maximum absolute atomic E-state index is 13.1. The van der Waals surface area contributed by atoms with E-state index in [-0.39, 0.29) is 35.9 Å². The highest BCUT2D eigenvalue weighted by molar-refractivity contribution is 6.09. The summed E-state index contributed by atoms with van der Waals surface area (Å²) in [6, 6.07) is 24.8. The minimum absolute atomic E-state index is 0.0122. The summed E-state index contributed by atoms with van der Waals surface area (Å²) in [5, 5.41) is 8.90. The van der Waals surface area contributed by atoms with E-state index in [1.807, 2.05) is 0 Å². The van der Waals surface area contributed by atoms with Crippen molar-refractivity contribution in [2.24, 2.45) is 21.5 Å². The SMILES string of the molecule is CN1C(=O)C(c2ccc(OC(F)F)cc2)(c2cccc(C#CCF)c2)N=C1N.CN1C(=O)C(c2ccc(OC(F)F)cc2)(c2cccc(C#CCO)c2)N=C1N. The molecule has 6 rings (SSSR count). The number of nitrogens with zero attached hydrogens (tertiary/aromatic N) is 4. The lowest BCUT2D eigenvalue weighted by Gasteiger charge is -2.26. The van der Waals surface area contributed by atoms with Gasteiger partial charge >= 0.3 is 13.2 Å². The number of guanidine groups is 2. The Kier molecular flexibility index (Phi) is 12.3. The number of halogens is 5. The van der Waals surface area contributed by atoms with Crippen LogP contribution in [0.25, 0.3) is 0 Å². The van der Waals surface area contributed by atoms with Gasteiger partial charge in [-0.2, -0.15) is 17.6 Å². The first-order chi connectivity index (χ1) is 26.8. The molecule has 0 aromatic heterocycles. The molecular formula is C40H33F5N6O5. The van der Waals surface area contributed by atoms with Gasteiger partial charge in [0.25, 0.3) is 11.8 Å². The van der Waals surface area contributed by atoms with Crippen molar-refractivity contribution in [3.63, 3.8) is 0 Å². The minimum Gasteiger partial charge on any atom is -0.435 e. The lowest BCUT2D eigenvalue weighted by molar-refractivity contribution is -0.130.